The van der Waals surface area contributed by atoms with Gasteiger partial charge in [-0.2, -0.15) is 0 Å². The lowest BCUT2D eigenvalue weighted by molar-refractivity contribution is -0.137. The number of oxazole rings is 1. The molecule has 0 unspecified atom stereocenters. The van der Waals surface area contributed by atoms with E-state index in [1.165, 1.54) is 0 Å². The van der Waals surface area contributed by atoms with Crippen molar-refractivity contribution in [2.24, 2.45) is 0 Å². The van der Waals surface area contributed by atoms with E-state index in [2.05, 4.69) is 4.98 Å². The van der Waals surface area contributed by atoms with Crippen LogP contribution in [0.2, 0.25) is 0 Å². The van der Waals surface area contributed by atoms with Gasteiger partial charge in [0.1, 0.15) is 11.5 Å². The molecule has 0 bridgehead atoms. The number of benzene rings is 3. The number of carbonyl (C=O) groups is 2. The van der Waals surface area contributed by atoms with Crippen LogP contribution in [0.3, 0.4) is 0 Å². The molecule has 1 amide bonds. The number of ether oxygens (including phenoxy) is 1. The fourth-order valence-corrected chi connectivity index (χ4v) is 4.99. The van der Waals surface area contributed by atoms with Gasteiger partial charge in [0.2, 0.25) is 11.8 Å². The van der Waals surface area contributed by atoms with Crippen molar-refractivity contribution in [3.63, 3.8) is 0 Å². The maximum Gasteiger partial charge on any atom is 0.303 e. The molecule has 1 aliphatic rings. The first kappa shape index (κ1) is 26.2. The van der Waals surface area contributed by atoms with E-state index in [0.717, 1.165) is 45.0 Å². The second-order valence-electron chi connectivity index (χ2n) is 9.80. The lowest BCUT2D eigenvalue weighted by Crippen LogP contribution is -2.25. The molecule has 0 aliphatic carbocycles. The van der Waals surface area contributed by atoms with Gasteiger partial charge in [-0.1, -0.05) is 54.6 Å². The molecule has 0 spiro atoms. The summed E-state index contributed by atoms with van der Waals surface area (Å²) in [5.74, 6) is 1.33. The molecule has 39 heavy (non-hydrogen) atoms. The second-order valence-corrected chi connectivity index (χ2v) is 9.80. The summed E-state index contributed by atoms with van der Waals surface area (Å²) in [5, 5.41) is 9.21. The third-order valence-corrected chi connectivity index (χ3v) is 7.12. The van der Waals surface area contributed by atoms with Gasteiger partial charge < -0.3 is 19.2 Å². The minimum absolute atomic E-state index is 0.0454. The molecule has 200 valence electrons. The van der Waals surface area contributed by atoms with Crippen LogP contribution in [-0.4, -0.2) is 33.5 Å². The van der Waals surface area contributed by atoms with Crippen molar-refractivity contribution in [3.05, 3.63) is 107 Å². The van der Waals surface area contributed by atoms with Crippen molar-refractivity contribution in [2.75, 3.05) is 6.61 Å². The number of nitrogens with zero attached hydrogens (tertiary/aromatic N) is 2. The van der Waals surface area contributed by atoms with Gasteiger partial charge in [0, 0.05) is 43.5 Å². The zero-order valence-electron chi connectivity index (χ0n) is 22.1. The molecule has 0 saturated carbocycles. The van der Waals surface area contributed by atoms with E-state index in [1.807, 2.05) is 84.6 Å². The molecular formula is C32H32N2O5. The fourth-order valence-electron chi connectivity index (χ4n) is 4.99. The van der Waals surface area contributed by atoms with Crippen molar-refractivity contribution in [3.8, 4) is 17.2 Å². The predicted octanol–water partition coefficient (Wildman–Crippen LogP) is 5.76. The number of carboxylic acid groups (broad SMARTS) is 1. The summed E-state index contributed by atoms with van der Waals surface area (Å²) in [6, 6.07) is 23.6. The summed E-state index contributed by atoms with van der Waals surface area (Å²) in [6.45, 7) is 3.24. The van der Waals surface area contributed by atoms with Gasteiger partial charge in [-0.25, -0.2) is 4.98 Å². The van der Waals surface area contributed by atoms with E-state index in [9.17, 15) is 14.7 Å². The van der Waals surface area contributed by atoms with Crippen molar-refractivity contribution in [2.45, 2.75) is 52.1 Å². The smallest absolute Gasteiger partial charge is 0.303 e. The summed E-state index contributed by atoms with van der Waals surface area (Å²) in [6.07, 6.45) is 2.16. The molecule has 1 aliphatic heterocycles. The van der Waals surface area contributed by atoms with Gasteiger partial charge in [0.25, 0.3) is 0 Å². The third kappa shape index (κ3) is 6.37. The van der Waals surface area contributed by atoms with E-state index < -0.39 is 5.97 Å². The van der Waals surface area contributed by atoms with Gasteiger partial charge in [0.05, 0.1) is 12.3 Å². The Morgan fingerprint density at radius 2 is 1.62 bits per heavy atom. The van der Waals surface area contributed by atoms with Crippen molar-refractivity contribution in [1.29, 1.82) is 0 Å². The summed E-state index contributed by atoms with van der Waals surface area (Å²) in [5.41, 5.74) is 5.84. The SMILES string of the molecule is Cc1oc(-c2ccccc2)nc1CCOc1ccc(CCC(=O)O)c2c1CN(C(=O)CCc1ccccc1)C2. The van der Waals surface area contributed by atoms with Crippen LogP contribution in [-0.2, 0) is 41.9 Å². The predicted molar refractivity (Wildman–Crippen MR) is 147 cm³/mol. The summed E-state index contributed by atoms with van der Waals surface area (Å²) >= 11 is 0. The number of aromatic nitrogens is 1. The number of carboxylic acids is 1. The maximum atomic E-state index is 13.1. The first-order valence-electron chi connectivity index (χ1n) is 13.3. The molecule has 0 atom stereocenters. The highest BCUT2D eigenvalue weighted by molar-refractivity contribution is 5.77. The zero-order chi connectivity index (χ0) is 27.2. The first-order chi connectivity index (χ1) is 19.0. The molecule has 0 radical (unpaired) electrons. The number of fused-ring (bicyclic) bond motifs is 1. The van der Waals surface area contributed by atoms with Gasteiger partial charge in [0.15, 0.2) is 0 Å². The van der Waals surface area contributed by atoms with Crippen molar-refractivity contribution in [1.82, 2.24) is 9.88 Å². The largest absolute Gasteiger partial charge is 0.493 e. The van der Waals surface area contributed by atoms with Crippen LogP contribution >= 0.6 is 0 Å². The molecular weight excluding hydrogens is 492 g/mol. The number of aryl methyl sites for hydroxylation is 3. The van der Waals surface area contributed by atoms with Gasteiger partial charge >= 0.3 is 5.97 Å². The number of hydrogen-bond acceptors (Lipinski definition) is 5. The molecule has 0 saturated heterocycles. The van der Waals surface area contributed by atoms with Gasteiger partial charge in [-0.3, -0.25) is 9.59 Å². The van der Waals surface area contributed by atoms with E-state index in [4.69, 9.17) is 9.15 Å². The van der Waals surface area contributed by atoms with Crippen LogP contribution in [0.1, 0.15) is 46.5 Å². The van der Waals surface area contributed by atoms with Crippen LogP contribution in [0.5, 0.6) is 5.75 Å². The monoisotopic (exact) mass is 524 g/mol. The third-order valence-electron chi connectivity index (χ3n) is 7.12. The topological polar surface area (TPSA) is 92.9 Å². The quantitative estimate of drug-likeness (QED) is 0.268. The lowest BCUT2D eigenvalue weighted by Gasteiger charge is -2.15. The normalized spacial score (nSPS) is 12.4. The summed E-state index contributed by atoms with van der Waals surface area (Å²) in [4.78, 5) is 30.8. The number of aliphatic carboxylic acids is 1. The Hall–Kier alpha value is -4.39. The molecule has 5 rings (SSSR count). The van der Waals surface area contributed by atoms with E-state index >= 15 is 0 Å². The highest BCUT2D eigenvalue weighted by Crippen LogP contribution is 2.35. The lowest BCUT2D eigenvalue weighted by atomic mass is 9.99. The van der Waals surface area contributed by atoms with Crippen LogP contribution < -0.4 is 4.74 Å². The Balaban J connectivity index is 1.27. The molecule has 4 aromatic rings. The Kier molecular flexibility index (Phi) is 8.06. The number of amides is 1. The minimum atomic E-state index is -0.837. The zero-order valence-corrected chi connectivity index (χ0v) is 22.1. The van der Waals surface area contributed by atoms with Crippen LogP contribution in [0, 0.1) is 6.92 Å². The number of rotatable bonds is 11. The van der Waals surface area contributed by atoms with Gasteiger partial charge in [-0.15, -0.1) is 0 Å². The average Bonchev–Trinajstić information content (AvgIpc) is 3.57. The van der Waals surface area contributed by atoms with Crippen LogP contribution in [0.4, 0.5) is 0 Å². The Morgan fingerprint density at radius 3 is 2.36 bits per heavy atom. The van der Waals surface area contributed by atoms with Crippen LogP contribution in [0.15, 0.2) is 77.2 Å². The van der Waals surface area contributed by atoms with E-state index in [0.29, 0.717) is 51.3 Å². The second kappa shape index (κ2) is 12.0. The molecule has 3 aromatic carbocycles. The Bertz CT molecular complexity index is 1450. The van der Waals surface area contributed by atoms with E-state index in [-0.39, 0.29) is 12.3 Å². The first-order valence-corrected chi connectivity index (χ1v) is 13.3. The summed E-state index contributed by atoms with van der Waals surface area (Å²) < 4.78 is 12.1. The maximum absolute atomic E-state index is 13.1. The summed E-state index contributed by atoms with van der Waals surface area (Å²) in [7, 11) is 0. The highest BCUT2D eigenvalue weighted by atomic mass is 16.5. The Morgan fingerprint density at radius 1 is 0.897 bits per heavy atom. The fraction of sp³-hybridized carbons (Fsp3) is 0.281. The molecule has 2 heterocycles. The van der Waals surface area contributed by atoms with E-state index in [1.54, 1.807) is 0 Å². The van der Waals surface area contributed by atoms with Crippen LogP contribution in [0.25, 0.3) is 11.5 Å². The van der Waals surface area contributed by atoms with Crippen molar-refractivity contribution >= 4 is 11.9 Å². The van der Waals surface area contributed by atoms with Gasteiger partial charge in [-0.05, 0) is 54.7 Å². The molecule has 0 fully saturated rings. The standard InChI is InChI=1S/C32H32N2O5/c1-22-28(33-32(39-22)25-10-6-3-7-11-25)18-19-38-29-15-13-24(14-17-31(36)37)26-20-34(21-27(26)29)30(35)16-12-23-8-4-2-5-9-23/h2-11,13,15H,12,14,16-21H2,1H3,(H,36,37). The van der Waals surface area contributed by atoms with Crippen molar-refractivity contribution < 1.29 is 23.8 Å². The average molecular weight is 525 g/mol. The Labute approximate surface area is 228 Å². The highest BCUT2D eigenvalue weighted by Gasteiger charge is 2.28. The molecule has 7 nitrogen and oxygen atoms in total. The minimum Gasteiger partial charge on any atom is -0.493 e. The number of hydrogen-bond donors (Lipinski definition) is 1. The molecule has 1 N–H and O–H groups in total. The molecule has 7 heteroatoms. The molecule has 1 aromatic heterocycles. The number of carbonyl (C=O) groups excluding carboxylic acids is 1.